The number of nitrogens with zero attached hydrogens (tertiary/aromatic N) is 1. The van der Waals surface area contributed by atoms with Crippen molar-refractivity contribution in [2.24, 2.45) is 0 Å². The monoisotopic (exact) mass is 205 g/mol. The third-order valence-corrected chi connectivity index (χ3v) is 1.57. The van der Waals surface area contributed by atoms with E-state index in [1.165, 1.54) is 0 Å². The molecule has 0 fully saturated rings. The Morgan fingerprint density at radius 1 is 1.57 bits per heavy atom. The van der Waals surface area contributed by atoms with Gasteiger partial charge in [0.05, 0.1) is 6.42 Å². The van der Waals surface area contributed by atoms with Gasteiger partial charge in [-0.15, -0.1) is 0 Å². The number of alkyl halides is 2. The van der Waals surface area contributed by atoms with E-state index in [0.717, 1.165) is 0 Å². The fourth-order valence-corrected chi connectivity index (χ4v) is 0.991. The van der Waals surface area contributed by atoms with Gasteiger partial charge in [-0.3, -0.25) is 4.79 Å². The summed E-state index contributed by atoms with van der Waals surface area (Å²) in [5.41, 5.74) is -0.797. The molecule has 0 saturated carbocycles. The first-order valence-electron chi connectivity index (χ1n) is 3.65. The minimum atomic E-state index is -2.85. The predicted molar refractivity (Wildman–Crippen MR) is 40.5 cm³/mol. The lowest BCUT2D eigenvalue weighted by Gasteiger charge is -2.05. The van der Waals surface area contributed by atoms with Gasteiger partial charge in [0.25, 0.3) is 6.43 Å². The molecular formula is C8H6F3NO2. The van der Waals surface area contributed by atoms with Crippen LogP contribution in [0.15, 0.2) is 12.3 Å². The Morgan fingerprint density at radius 2 is 2.21 bits per heavy atom. The van der Waals surface area contributed by atoms with Crippen molar-refractivity contribution in [3.8, 4) is 0 Å². The first kappa shape index (κ1) is 10.5. The average Bonchev–Trinajstić information content (AvgIpc) is 2.01. The van der Waals surface area contributed by atoms with Crippen LogP contribution in [0.3, 0.4) is 0 Å². The standard InChI is InChI=1S/C8H6F3NO2/c9-6-1-4(2-7(13)14)5(3-12-6)8(10)11/h1,3,8H,2H2,(H,13,14). The van der Waals surface area contributed by atoms with Gasteiger partial charge >= 0.3 is 5.97 Å². The minimum Gasteiger partial charge on any atom is -0.481 e. The summed E-state index contributed by atoms with van der Waals surface area (Å²) in [7, 11) is 0. The number of carboxylic acids is 1. The Kier molecular flexibility index (Phi) is 3.06. The SMILES string of the molecule is O=C(O)Cc1cc(F)ncc1C(F)F. The maximum atomic E-state index is 12.5. The molecule has 0 unspecified atom stereocenters. The molecule has 1 aromatic heterocycles. The Balaban J connectivity index is 3.09. The molecule has 0 saturated heterocycles. The Morgan fingerprint density at radius 3 is 2.71 bits per heavy atom. The van der Waals surface area contributed by atoms with Crippen LogP contribution < -0.4 is 0 Å². The summed E-state index contributed by atoms with van der Waals surface area (Å²) >= 11 is 0. The topological polar surface area (TPSA) is 50.2 Å². The second-order valence-corrected chi connectivity index (χ2v) is 2.58. The zero-order chi connectivity index (χ0) is 10.7. The summed E-state index contributed by atoms with van der Waals surface area (Å²) in [5, 5.41) is 8.38. The lowest BCUT2D eigenvalue weighted by Crippen LogP contribution is -2.05. The highest BCUT2D eigenvalue weighted by molar-refractivity contribution is 5.70. The van der Waals surface area contributed by atoms with E-state index < -0.39 is 30.3 Å². The van der Waals surface area contributed by atoms with E-state index in [1.54, 1.807) is 0 Å². The van der Waals surface area contributed by atoms with Gasteiger partial charge in [-0.1, -0.05) is 0 Å². The van der Waals surface area contributed by atoms with Crippen LogP contribution in [-0.4, -0.2) is 16.1 Å². The summed E-state index contributed by atoms with van der Waals surface area (Å²) in [6, 6.07) is 0.704. The Bertz CT molecular complexity index is 354. The van der Waals surface area contributed by atoms with Crippen LogP contribution in [0.25, 0.3) is 0 Å². The van der Waals surface area contributed by atoms with Gasteiger partial charge in [-0.2, -0.15) is 4.39 Å². The molecule has 3 nitrogen and oxygen atoms in total. The van der Waals surface area contributed by atoms with Crippen LogP contribution in [-0.2, 0) is 11.2 Å². The molecule has 0 amide bonds. The third-order valence-electron chi connectivity index (χ3n) is 1.57. The van der Waals surface area contributed by atoms with Crippen molar-refractivity contribution in [3.05, 3.63) is 29.3 Å². The quantitative estimate of drug-likeness (QED) is 0.765. The number of hydrogen-bond acceptors (Lipinski definition) is 2. The van der Waals surface area contributed by atoms with Crippen molar-refractivity contribution in [1.29, 1.82) is 0 Å². The van der Waals surface area contributed by atoms with Crippen molar-refractivity contribution >= 4 is 5.97 Å². The molecule has 0 spiro atoms. The number of carboxylic acid groups (broad SMARTS) is 1. The molecular weight excluding hydrogens is 199 g/mol. The number of halogens is 3. The summed E-state index contributed by atoms with van der Waals surface area (Å²) in [5.74, 6) is -2.26. The fraction of sp³-hybridized carbons (Fsp3) is 0.250. The first-order valence-corrected chi connectivity index (χ1v) is 3.65. The number of rotatable bonds is 3. The molecule has 0 aliphatic carbocycles. The molecule has 1 rings (SSSR count). The third kappa shape index (κ3) is 2.45. The molecule has 1 aromatic rings. The van der Waals surface area contributed by atoms with Crippen LogP contribution in [0.5, 0.6) is 0 Å². The molecule has 0 bridgehead atoms. The van der Waals surface area contributed by atoms with Gasteiger partial charge in [0.2, 0.25) is 5.95 Å². The highest BCUT2D eigenvalue weighted by atomic mass is 19.3. The van der Waals surface area contributed by atoms with Crippen LogP contribution >= 0.6 is 0 Å². The largest absolute Gasteiger partial charge is 0.481 e. The second-order valence-electron chi connectivity index (χ2n) is 2.58. The molecule has 6 heteroatoms. The van der Waals surface area contributed by atoms with Gasteiger partial charge in [-0.25, -0.2) is 13.8 Å². The molecule has 0 radical (unpaired) electrons. The van der Waals surface area contributed by atoms with Crippen molar-refractivity contribution in [3.63, 3.8) is 0 Å². The molecule has 1 N–H and O–H groups in total. The van der Waals surface area contributed by atoms with Gasteiger partial charge in [0, 0.05) is 11.8 Å². The Labute approximate surface area is 77.2 Å². The second kappa shape index (κ2) is 4.08. The van der Waals surface area contributed by atoms with Crippen molar-refractivity contribution in [2.75, 3.05) is 0 Å². The molecule has 76 valence electrons. The molecule has 0 aromatic carbocycles. The van der Waals surface area contributed by atoms with Gasteiger partial charge in [-0.05, 0) is 11.6 Å². The van der Waals surface area contributed by atoms with E-state index in [0.29, 0.717) is 12.3 Å². The zero-order valence-electron chi connectivity index (χ0n) is 6.88. The van der Waals surface area contributed by atoms with E-state index in [2.05, 4.69) is 4.98 Å². The van der Waals surface area contributed by atoms with E-state index in [9.17, 15) is 18.0 Å². The smallest absolute Gasteiger partial charge is 0.307 e. The van der Waals surface area contributed by atoms with Crippen LogP contribution in [0.1, 0.15) is 17.6 Å². The van der Waals surface area contributed by atoms with E-state index in [-0.39, 0.29) is 5.56 Å². The predicted octanol–water partition coefficient (Wildman–Crippen LogP) is 1.79. The molecule has 0 aliphatic rings. The lowest BCUT2D eigenvalue weighted by molar-refractivity contribution is -0.136. The van der Waals surface area contributed by atoms with Crippen LogP contribution in [0.4, 0.5) is 13.2 Å². The molecule has 14 heavy (non-hydrogen) atoms. The molecule has 1 heterocycles. The molecule has 0 aliphatic heterocycles. The summed E-state index contributed by atoms with van der Waals surface area (Å²) in [6.45, 7) is 0. The number of carbonyl (C=O) groups is 1. The number of pyridine rings is 1. The lowest BCUT2D eigenvalue weighted by atomic mass is 10.1. The maximum absolute atomic E-state index is 12.5. The first-order chi connectivity index (χ1) is 6.50. The fourth-order valence-electron chi connectivity index (χ4n) is 0.991. The number of aromatic nitrogens is 1. The van der Waals surface area contributed by atoms with Crippen molar-refractivity contribution in [2.45, 2.75) is 12.8 Å². The molecule has 0 atom stereocenters. The van der Waals surface area contributed by atoms with E-state index in [4.69, 9.17) is 5.11 Å². The van der Waals surface area contributed by atoms with Gasteiger partial charge in [0.15, 0.2) is 0 Å². The van der Waals surface area contributed by atoms with Crippen LogP contribution in [0.2, 0.25) is 0 Å². The van der Waals surface area contributed by atoms with Gasteiger partial charge < -0.3 is 5.11 Å². The van der Waals surface area contributed by atoms with E-state index in [1.807, 2.05) is 0 Å². The Hall–Kier alpha value is -1.59. The zero-order valence-corrected chi connectivity index (χ0v) is 6.88. The van der Waals surface area contributed by atoms with Crippen molar-refractivity contribution in [1.82, 2.24) is 4.98 Å². The van der Waals surface area contributed by atoms with Crippen molar-refractivity contribution < 1.29 is 23.1 Å². The minimum absolute atomic E-state index is 0.250. The van der Waals surface area contributed by atoms with E-state index >= 15 is 0 Å². The summed E-state index contributed by atoms with van der Waals surface area (Å²) in [6.07, 6.45) is -2.84. The highest BCUT2D eigenvalue weighted by Crippen LogP contribution is 2.22. The number of aliphatic carboxylic acids is 1. The van der Waals surface area contributed by atoms with Crippen LogP contribution in [0, 0.1) is 5.95 Å². The summed E-state index contributed by atoms with van der Waals surface area (Å²) < 4.78 is 37.0. The average molecular weight is 205 g/mol. The normalized spacial score (nSPS) is 10.6. The number of hydrogen-bond donors (Lipinski definition) is 1. The van der Waals surface area contributed by atoms with Gasteiger partial charge in [0.1, 0.15) is 0 Å². The highest BCUT2D eigenvalue weighted by Gasteiger charge is 2.16. The maximum Gasteiger partial charge on any atom is 0.307 e. The summed E-state index contributed by atoms with van der Waals surface area (Å²) in [4.78, 5) is 13.3.